The lowest BCUT2D eigenvalue weighted by Crippen LogP contribution is -2.11. The van der Waals surface area contributed by atoms with E-state index in [2.05, 4.69) is 0 Å². The number of nitrogens with two attached hydrogens (primary N) is 1. The highest BCUT2D eigenvalue weighted by atomic mass is 35.5. The fourth-order valence-electron chi connectivity index (χ4n) is 3.15. The molecule has 0 saturated carbocycles. The Bertz CT molecular complexity index is 1400. The van der Waals surface area contributed by atoms with Crippen molar-refractivity contribution in [2.24, 2.45) is 5.14 Å². The van der Waals surface area contributed by atoms with Gasteiger partial charge in [0.05, 0.1) is 37.6 Å². The molecule has 0 radical (unpaired) electrons. The van der Waals surface area contributed by atoms with Crippen LogP contribution in [0.4, 0.5) is 0 Å². The number of nitrogens with zero attached hydrogens (tertiary/aromatic N) is 1. The number of hydrogen-bond donors (Lipinski definition) is 1. The first kappa shape index (κ1) is 23.0. The van der Waals surface area contributed by atoms with Gasteiger partial charge >= 0.3 is 0 Å². The van der Waals surface area contributed by atoms with E-state index in [1.54, 1.807) is 30.3 Å². The fourth-order valence-corrected chi connectivity index (χ4v) is 5.70. The predicted octanol–water partition coefficient (Wildman–Crippen LogP) is 6.76. The lowest BCUT2D eigenvalue weighted by Gasteiger charge is -2.09. The third-order valence-electron chi connectivity index (χ3n) is 4.65. The van der Waals surface area contributed by atoms with Crippen molar-refractivity contribution in [3.8, 4) is 38.0 Å². The number of aromatic nitrogens is 1. The summed E-state index contributed by atoms with van der Waals surface area (Å²) in [6.07, 6.45) is 0. The van der Waals surface area contributed by atoms with Gasteiger partial charge in [-0.2, -0.15) is 0 Å². The number of hydrogen-bond acceptors (Lipinski definition) is 5. The van der Waals surface area contributed by atoms with Crippen LogP contribution in [-0.2, 0) is 10.0 Å². The van der Waals surface area contributed by atoms with E-state index in [-0.39, 0.29) is 4.90 Å². The van der Waals surface area contributed by atoms with Gasteiger partial charge in [0.1, 0.15) is 5.01 Å². The number of ether oxygens (including phenoxy) is 1. The van der Waals surface area contributed by atoms with Crippen LogP contribution in [0.5, 0.6) is 5.75 Å². The Kier molecular flexibility index (Phi) is 6.49. The molecule has 3 aromatic carbocycles. The minimum Gasteiger partial charge on any atom is -0.494 e. The molecule has 5 nitrogen and oxygen atoms in total. The molecular weight excluding hydrogens is 511 g/mol. The molecule has 32 heavy (non-hydrogen) atoms. The first-order valence-corrected chi connectivity index (χ1v) is 12.6. The Balaban J connectivity index is 1.93. The van der Waals surface area contributed by atoms with Gasteiger partial charge in [-0.15, -0.1) is 11.3 Å². The maximum atomic E-state index is 11.6. The summed E-state index contributed by atoms with van der Waals surface area (Å²) in [5.74, 6) is 0.381. The number of rotatable bonds is 5. The normalized spacial score (nSPS) is 11.5. The molecule has 2 N–H and O–H groups in total. The third kappa shape index (κ3) is 4.50. The molecule has 0 aliphatic rings. The lowest BCUT2D eigenvalue weighted by molar-refractivity contribution is 0.415. The minimum absolute atomic E-state index is 0.0138. The van der Waals surface area contributed by atoms with E-state index >= 15 is 0 Å². The van der Waals surface area contributed by atoms with Crippen molar-refractivity contribution in [3.63, 3.8) is 0 Å². The highest BCUT2D eigenvalue weighted by molar-refractivity contribution is 7.89. The second kappa shape index (κ2) is 9.02. The number of thiazole rings is 1. The van der Waals surface area contributed by atoms with E-state index < -0.39 is 10.0 Å². The topological polar surface area (TPSA) is 82.3 Å². The molecular formula is C22H15Cl3N2O3S2. The van der Waals surface area contributed by atoms with Crippen molar-refractivity contribution in [2.45, 2.75) is 4.90 Å². The summed E-state index contributed by atoms with van der Waals surface area (Å²) in [7, 11) is -2.32. The van der Waals surface area contributed by atoms with Crippen molar-refractivity contribution in [2.75, 3.05) is 7.11 Å². The first-order valence-electron chi connectivity index (χ1n) is 9.11. The van der Waals surface area contributed by atoms with E-state index in [1.807, 2.05) is 18.2 Å². The molecule has 1 heterocycles. The molecule has 0 fully saturated rings. The van der Waals surface area contributed by atoms with E-state index in [9.17, 15) is 8.42 Å². The summed E-state index contributed by atoms with van der Waals surface area (Å²) in [6, 6.07) is 17.1. The van der Waals surface area contributed by atoms with Crippen LogP contribution in [0.3, 0.4) is 0 Å². The number of primary sulfonamides is 1. The SMILES string of the molecule is COc1c(Cl)cc(-c2sc(-c3ccccc3Cl)nc2-c2ccc(S(N)(=O)=O)cc2)cc1Cl. The van der Waals surface area contributed by atoms with Crippen LogP contribution in [0.2, 0.25) is 15.1 Å². The summed E-state index contributed by atoms with van der Waals surface area (Å²) in [5.41, 5.74) is 2.84. The van der Waals surface area contributed by atoms with Gasteiger partial charge in [-0.1, -0.05) is 65.1 Å². The predicted molar refractivity (Wildman–Crippen MR) is 131 cm³/mol. The Labute approximate surface area is 204 Å². The Morgan fingerprint density at radius 1 is 0.906 bits per heavy atom. The highest BCUT2D eigenvalue weighted by Crippen LogP contribution is 2.45. The second-order valence-corrected chi connectivity index (χ2v) is 10.5. The molecule has 0 spiro atoms. The quantitative estimate of drug-likeness (QED) is 0.312. The van der Waals surface area contributed by atoms with Gasteiger partial charge in [0, 0.05) is 11.1 Å². The second-order valence-electron chi connectivity index (χ2n) is 6.72. The number of benzene rings is 3. The number of methoxy groups -OCH3 is 1. The summed E-state index contributed by atoms with van der Waals surface area (Å²) in [6.45, 7) is 0. The Morgan fingerprint density at radius 3 is 2.09 bits per heavy atom. The lowest BCUT2D eigenvalue weighted by atomic mass is 10.1. The van der Waals surface area contributed by atoms with Crippen molar-refractivity contribution in [1.82, 2.24) is 4.98 Å². The molecule has 0 amide bonds. The Morgan fingerprint density at radius 2 is 1.53 bits per heavy atom. The van der Waals surface area contributed by atoms with Crippen molar-refractivity contribution >= 4 is 56.2 Å². The van der Waals surface area contributed by atoms with Gasteiger partial charge in [0.2, 0.25) is 10.0 Å². The van der Waals surface area contributed by atoms with E-state index in [1.165, 1.54) is 30.6 Å². The van der Waals surface area contributed by atoms with Crippen molar-refractivity contribution in [1.29, 1.82) is 0 Å². The molecule has 1 aromatic heterocycles. The average molecular weight is 526 g/mol. The van der Waals surface area contributed by atoms with Gasteiger partial charge in [-0.05, 0) is 35.9 Å². The maximum absolute atomic E-state index is 11.6. The van der Waals surface area contributed by atoms with Gasteiger partial charge in [-0.25, -0.2) is 18.5 Å². The molecule has 10 heteroatoms. The largest absolute Gasteiger partial charge is 0.494 e. The maximum Gasteiger partial charge on any atom is 0.238 e. The van der Waals surface area contributed by atoms with Crippen LogP contribution < -0.4 is 9.88 Å². The van der Waals surface area contributed by atoms with Crippen LogP contribution >= 0.6 is 46.1 Å². The monoisotopic (exact) mass is 524 g/mol. The average Bonchev–Trinajstić information content (AvgIpc) is 3.18. The molecule has 4 rings (SSSR count). The van der Waals surface area contributed by atoms with Gasteiger partial charge in [0.15, 0.2) is 5.75 Å². The smallest absolute Gasteiger partial charge is 0.238 e. The molecule has 0 bridgehead atoms. The zero-order valence-electron chi connectivity index (χ0n) is 16.5. The molecule has 164 valence electrons. The fraction of sp³-hybridized carbons (Fsp3) is 0.0455. The van der Waals surface area contributed by atoms with E-state index in [4.69, 9.17) is 49.7 Å². The summed E-state index contributed by atoms with van der Waals surface area (Å²) >= 11 is 20.6. The van der Waals surface area contributed by atoms with E-state index in [0.29, 0.717) is 37.1 Å². The summed E-state index contributed by atoms with van der Waals surface area (Å²) < 4.78 is 28.5. The van der Waals surface area contributed by atoms with Crippen LogP contribution in [0.1, 0.15) is 0 Å². The van der Waals surface area contributed by atoms with Gasteiger partial charge in [0.25, 0.3) is 0 Å². The zero-order chi connectivity index (χ0) is 23.0. The van der Waals surface area contributed by atoms with Gasteiger partial charge in [-0.3, -0.25) is 0 Å². The zero-order valence-corrected chi connectivity index (χ0v) is 20.4. The van der Waals surface area contributed by atoms with Crippen LogP contribution in [-0.4, -0.2) is 20.5 Å². The van der Waals surface area contributed by atoms with Crippen molar-refractivity contribution in [3.05, 3.63) is 75.7 Å². The minimum atomic E-state index is -3.81. The molecule has 0 saturated heterocycles. The van der Waals surface area contributed by atoms with Crippen LogP contribution in [0.15, 0.2) is 65.6 Å². The third-order valence-corrected chi connectivity index (χ3v) is 7.61. The first-order chi connectivity index (χ1) is 15.2. The standard InChI is InChI=1S/C22H15Cl3N2O3S2/c1-30-20-17(24)10-13(11-18(20)25)21-19(12-6-8-14(9-7-12)32(26,28)29)27-22(31-21)15-4-2-3-5-16(15)23/h2-11H,1H3,(H2,26,28,29). The summed E-state index contributed by atoms with van der Waals surface area (Å²) in [5, 5.41) is 7.20. The molecule has 4 aromatic rings. The van der Waals surface area contributed by atoms with E-state index in [0.717, 1.165) is 16.0 Å². The molecule has 0 aliphatic carbocycles. The number of sulfonamides is 1. The van der Waals surface area contributed by atoms with Crippen molar-refractivity contribution < 1.29 is 13.2 Å². The molecule has 0 atom stereocenters. The number of halogens is 3. The summed E-state index contributed by atoms with van der Waals surface area (Å²) in [4.78, 5) is 5.62. The molecule has 0 unspecified atom stereocenters. The van der Waals surface area contributed by atoms with Crippen LogP contribution in [0, 0.1) is 0 Å². The highest BCUT2D eigenvalue weighted by Gasteiger charge is 2.20. The Hall–Kier alpha value is -2.13. The van der Waals surface area contributed by atoms with Crippen LogP contribution in [0.25, 0.3) is 32.3 Å². The van der Waals surface area contributed by atoms with Gasteiger partial charge < -0.3 is 4.74 Å². The molecule has 0 aliphatic heterocycles.